The number of esters is 1. The number of hydrogen-bond donors (Lipinski definition) is 1. The molecule has 3 aromatic carbocycles. The lowest BCUT2D eigenvalue weighted by Crippen LogP contribution is -2.50. The third-order valence-corrected chi connectivity index (χ3v) is 8.48. The molecule has 1 N–H and O–H groups in total. The van der Waals surface area contributed by atoms with Crippen LogP contribution in [0.15, 0.2) is 65.1 Å². The van der Waals surface area contributed by atoms with Gasteiger partial charge in [-0.3, -0.25) is 10.2 Å². The number of hydrazine groups is 1. The average Bonchev–Trinajstić information content (AvgIpc) is 3.33. The van der Waals surface area contributed by atoms with Crippen LogP contribution in [0.1, 0.15) is 46.2 Å². The highest BCUT2D eigenvalue weighted by Gasteiger charge is 2.29. The first-order valence-electron chi connectivity index (χ1n) is 13.2. The lowest BCUT2D eigenvalue weighted by molar-refractivity contribution is -0.00203. The van der Waals surface area contributed by atoms with Crippen molar-refractivity contribution in [2.24, 2.45) is 0 Å². The van der Waals surface area contributed by atoms with Crippen LogP contribution in [0.25, 0.3) is 16.9 Å². The van der Waals surface area contributed by atoms with E-state index >= 15 is 0 Å². The van der Waals surface area contributed by atoms with Gasteiger partial charge in [0.1, 0.15) is 6.10 Å². The van der Waals surface area contributed by atoms with Gasteiger partial charge in [0, 0.05) is 32.2 Å². The summed E-state index contributed by atoms with van der Waals surface area (Å²) < 4.78 is 8.34. The summed E-state index contributed by atoms with van der Waals surface area (Å²) in [4.78, 5) is 26.5. The Labute approximate surface area is 271 Å². The number of aromatic nitrogens is 2. The third-order valence-electron chi connectivity index (χ3n) is 6.87. The second kappa shape index (κ2) is 13.4. The summed E-state index contributed by atoms with van der Waals surface area (Å²) in [5.74, 6) is -0.914. The smallest absolute Gasteiger partial charge is 0.339 e. The Morgan fingerprint density at radius 3 is 2.36 bits per heavy atom. The van der Waals surface area contributed by atoms with Crippen molar-refractivity contribution in [3.05, 3.63) is 102 Å². The number of piperidine rings is 1. The van der Waals surface area contributed by atoms with E-state index in [2.05, 4.69) is 21.4 Å². The number of halogens is 5. The molecule has 42 heavy (non-hydrogen) atoms. The van der Waals surface area contributed by atoms with Crippen molar-refractivity contribution in [3.63, 3.8) is 0 Å². The molecule has 218 valence electrons. The van der Waals surface area contributed by atoms with Crippen molar-refractivity contribution < 1.29 is 14.3 Å². The molecule has 4 aromatic rings. The Hall–Kier alpha value is -2.59. The van der Waals surface area contributed by atoms with Gasteiger partial charge in [0.2, 0.25) is 0 Å². The number of rotatable bonds is 7. The first-order valence-corrected chi connectivity index (χ1v) is 15.5. The normalized spacial score (nSPS) is 15.4. The second-order valence-electron chi connectivity index (χ2n) is 9.72. The fraction of sp³-hybridized carbons (Fsp3) is 0.233. The minimum absolute atomic E-state index is 0.221. The van der Waals surface area contributed by atoms with E-state index in [0.717, 1.165) is 21.3 Å². The first kappa shape index (κ1) is 30.9. The molecule has 12 heteroatoms. The second-order valence-corrected chi connectivity index (χ2v) is 12.3. The van der Waals surface area contributed by atoms with Crippen molar-refractivity contribution in [2.75, 3.05) is 13.1 Å². The van der Waals surface area contributed by atoms with Crippen LogP contribution in [0.2, 0.25) is 20.1 Å². The summed E-state index contributed by atoms with van der Waals surface area (Å²) in [5.41, 5.74) is 6.47. The van der Waals surface area contributed by atoms with Gasteiger partial charge in [-0.15, -0.1) is 0 Å². The molecule has 0 spiro atoms. The Morgan fingerprint density at radius 2 is 1.69 bits per heavy atom. The highest BCUT2D eigenvalue weighted by Crippen LogP contribution is 2.34. The number of carbonyl (C=O) groups excluding carboxylic acids is 2. The molecule has 1 aliphatic heterocycles. The molecule has 0 radical (unpaired) electrons. The molecule has 0 bridgehead atoms. The van der Waals surface area contributed by atoms with E-state index in [4.69, 9.17) is 56.2 Å². The molecule has 2 heterocycles. The summed E-state index contributed by atoms with van der Waals surface area (Å²) >= 11 is 28.4. The molecular weight excluding hydrogens is 686 g/mol. The van der Waals surface area contributed by atoms with Crippen LogP contribution in [0, 0.1) is 0 Å². The van der Waals surface area contributed by atoms with Crippen LogP contribution in [-0.2, 0) is 11.2 Å². The van der Waals surface area contributed by atoms with Gasteiger partial charge in [-0.1, -0.05) is 81.4 Å². The average molecular weight is 711 g/mol. The van der Waals surface area contributed by atoms with Gasteiger partial charge in [0.05, 0.1) is 33.5 Å². The molecule has 1 amide bonds. The zero-order valence-electron chi connectivity index (χ0n) is 22.3. The summed E-state index contributed by atoms with van der Waals surface area (Å²) in [6.45, 7) is 2.88. The quantitative estimate of drug-likeness (QED) is 0.195. The van der Waals surface area contributed by atoms with E-state index in [1.807, 2.05) is 31.2 Å². The number of ether oxygens (including phenoxy) is 1. The number of nitrogens with one attached hydrogen (secondary N) is 1. The number of benzene rings is 3. The molecule has 0 aliphatic carbocycles. The van der Waals surface area contributed by atoms with Crippen LogP contribution in [0.3, 0.4) is 0 Å². The minimum atomic E-state index is -0.541. The van der Waals surface area contributed by atoms with Crippen LogP contribution >= 0.6 is 62.3 Å². The van der Waals surface area contributed by atoms with Gasteiger partial charge in [0.25, 0.3) is 5.91 Å². The van der Waals surface area contributed by atoms with Crippen LogP contribution in [0.5, 0.6) is 0 Å². The van der Waals surface area contributed by atoms with Gasteiger partial charge < -0.3 is 4.74 Å². The van der Waals surface area contributed by atoms with E-state index in [1.165, 1.54) is 12.1 Å². The molecule has 7 nitrogen and oxygen atoms in total. The number of hydrogen-bond acceptors (Lipinski definition) is 5. The maximum absolute atomic E-state index is 13.7. The molecule has 1 fully saturated rings. The van der Waals surface area contributed by atoms with Crippen molar-refractivity contribution in [1.82, 2.24) is 20.2 Å². The largest absolute Gasteiger partial charge is 0.457 e. The number of amides is 1. The fourth-order valence-electron chi connectivity index (χ4n) is 4.90. The SMILES string of the molecule is CCc1c(C(=O)NN2CCCC(OC(=O)c3ccc(Cl)cc3Cl)C2)nn(-c2ccc(Cl)cc2Cl)c1-c1ccc(Br)cc1. The Balaban J connectivity index is 1.40. The standard InChI is InChI=1S/C30H25BrCl4N4O3/c1-2-22-27(36-39(26-12-10-20(33)15-25(26)35)28(22)17-5-7-18(31)8-6-17)29(40)37-38-13-3-4-21(16-38)42-30(41)23-11-9-19(32)14-24(23)34/h5-12,14-15,21H,2-4,13,16H2,1H3,(H,37,40). The highest BCUT2D eigenvalue weighted by atomic mass is 79.9. The third kappa shape index (κ3) is 6.80. The molecule has 1 saturated heterocycles. The first-order chi connectivity index (χ1) is 20.1. The van der Waals surface area contributed by atoms with Crippen molar-refractivity contribution in [3.8, 4) is 16.9 Å². The lowest BCUT2D eigenvalue weighted by Gasteiger charge is -2.32. The summed E-state index contributed by atoms with van der Waals surface area (Å²) in [5, 5.41) is 8.05. The summed E-state index contributed by atoms with van der Waals surface area (Å²) in [7, 11) is 0. The van der Waals surface area contributed by atoms with Gasteiger partial charge in [-0.05, 0) is 67.8 Å². The molecular formula is C30H25BrCl4N4O3. The van der Waals surface area contributed by atoms with Gasteiger partial charge >= 0.3 is 5.97 Å². The maximum Gasteiger partial charge on any atom is 0.339 e. The van der Waals surface area contributed by atoms with Crippen molar-refractivity contribution >= 4 is 74.2 Å². The highest BCUT2D eigenvalue weighted by molar-refractivity contribution is 9.10. The monoisotopic (exact) mass is 708 g/mol. The Kier molecular flexibility index (Phi) is 9.82. The van der Waals surface area contributed by atoms with Crippen LogP contribution < -0.4 is 5.43 Å². The van der Waals surface area contributed by atoms with Crippen LogP contribution in [0.4, 0.5) is 0 Å². The predicted octanol–water partition coefficient (Wildman–Crippen LogP) is 8.44. The van der Waals surface area contributed by atoms with Crippen molar-refractivity contribution in [2.45, 2.75) is 32.3 Å². The maximum atomic E-state index is 13.7. The van der Waals surface area contributed by atoms with E-state index in [0.29, 0.717) is 53.1 Å². The van der Waals surface area contributed by atoms with E-state index < -0.39 is 12.1 Å². The molecule has 0 saturated carbocycles. The topological polar surface area (TPSA) is 76.5 Å². The van der Waals surface area contributed by atoms with Gasteiger partial charge in [-0.2, -0.15) is 5.10 Å². The van der Waals surface area contributed by atoms with Crippen molar-refractivity contribution in [1.29, 1.82) is 0 Å². The molecule has 1 unspecified atom stereocenters. The number of carbonyl (C=O) groups is 2. The van der Waals surface area contributed by atoms with Crippen LogP contribution in [-0.4, -0.2) is 45.9 Å². The molecule has 1 aliphatic rings. The Morgan fingerprint density at radius 1 is 1.00 bits per heavy atom. The predicted molar refractivity (Wildman–Crippen MR) is 170 cm³/mol. The zero-order chi connectivity index (χ0) is 30.0. The van der Waals surface area contributed by atoms with E-state index in [9.17, 15) is 9.59 Å². The fourth-order valence-corrected chi connectivity index (χ4v) is 6.14. The lowest BCUT2D eigenvalue weighted by atomic mass is 10.0. The van der Waals surface area contributed by atoms with Gasteiger partial charge in [-0.25, -0.2) is 14.5 Å². The number of nitrogens with zero attached hydrogens (tertiary/aromatic N) is 3. The van der Waals surface area contributed by atoms with E-state index in [1.54, 1.807) is 34.0 Å². The molecule has 1 atom stereocenters. The molecule has 1 aromatic heterocycles. The van der Waals surface area contributed by atoms with Gasteiger partial charge in [0.15, 0.2) is 5.69 Å². The minimum Gasteiger partial charge on any atom is -0.457 e. The zero-order valence-corrected chi connectivity index (χ0v) is 27.0. The molecule has 5 rings (SSSR count). The Bertz CT molecular complexity index is 1640. The summed E-state index contributed by atoms with van der Waals surface area (Å²) in [6.07, 6.45) is 1.47. The van der Waals surface area contributed by atoms with E-state index in [-0.39, 0.29) is 22.2 Å². The summed E-state index contributed by atoms with van der Waals surface area (Å²) in [6, 6.07) is 17.5.